The molecule has 0 aromatic heterocycles. The van der Waals surface area contributed by atoms with Gasteiger partial charge in [0.05, 0.1) is 6.04 Å². The molecule has 18 heavy (non-hydrogen) atoms. The highest BCUT2D eigenvalue weighted by Crippen LogP contribution is 2.65. The van der Waals surface area contributed by atoms with E-state index in [4.69, 9.17) is 0 Å². The van der Waals surface area contributed by atoms with Gasteiger partial charge >= 0.3 is 0 Å². The molecule has 3 heteroatoms. The molecular formula is C15H24N2O. The smallest absolute Gasteiger partial charge is 0.237 e. The number of piperidine rings is 1. The first-order chi connectivity index (χ1) is 8.74. The molecule has 100 valence electrons. The van der Waals surface area contributed by atoms with Crippen LogP contribution in [0, 0.1) is 29.6 Å². The van der Waals surface area contributed by atoms with Gasteiger partial charge in [0.15, 0.2) is 0 Å². The highest BCUT2D eigenvalue weighted by atomic mass is 16.2. The summed E-state index contributed by atoms with van der Waals surface area (Å²) >= 11 is 0. The minimum atomic E-state index is 0.0766. The molecule has 0 radical (unpaired) electrons. The summed E-state index contributed by atoms with van der Waals surface area (Å²) in [5.41, 5.74) is 0. The number of amides is 1. The number of hydrogen-bond donors (Lipinski definition) is 2. The van der Waals surface area contributed by atoms with Crippen LogP contribution in [0.15, 0.2) is 0 Å². The first-order valence-electron chi connectivity index (χ1n) is 7.78. The Kier molecular flexibility index (Phi) is 2.48. The molecule has 2 N–H and O–H groups in total. The van der Waals surface area contributed by atoms with Crippen molar-refractivity contribution in [2.45, 2.75) is 51.1 Å². The van der Waals surface area contributed by atoms with Crippen LogP contribution < -0.4 is 10.6 Å². The van der Waals surface area contributed by atoms with E-state index in [0.29, 0.717) is 12.0 Å². The molecule has 1 saturated heterocycles. The van der Waals surface area contributed by atoms with E-state index in [1.165, 1.54) is 25.7 Å². The Morgan fingerprint density at radius 2 is 1.83 bits per heavy atom. The standard InChI is InChI=1S/C15H24N2O/c1-8-4-5-16-11(6-8)15(18)17-14-12-9-2-3-10(7-9)13(12)14/h8-14,16H,2-7H2,1H3,(H,17,18). The third-order valence-electron chi connectivity index (χ3n) is 6.03. The van der Waals surface area contributed by atoms with Crippen LogP contribution in [0.1, 0.15) is 39.0 Å². The third kappa shape index (κ3) is 1.63. The number of hydrogen-bond acceptors (Lipinski definition) is 2. The molecule has 1 amide bonds. The lowest BCUT2D eigenvalue weighted by Gasteiger charge is -2.27. The van der Waals surface area contributed by atoms with Crippen molar-refractivity contribution in [3.8, 4) is 0 Å². The van der Waals surface area contributed by atoms with E-state index >= 15 is 0 Å². The molecule has 0 aromatic rings. The van der Waals surface area contributed by atoms with E-state index in [2.05, 4.69) is 17.6 Å². The lowest BCUT2D eigenvalue weighted by Crippen LogP contribution is -2.49. The van der Waals surface area contributed by atoms with Crippen LogP contribution in [0.5, 0.6) is 0 Å². The first-order valence-corrected chi connectivity index (χ1v) is 7.78. The van der Waals surface area contributed by atoms with Gasteiger partial charge in [0.1, 0.15) is 0 Å². The molecule has 6 unspecified atom stereocenters. The normalized spacial score (nSPS) is 53.1. The number of carbonyl (C=O) groups is 1. The largest absolute Gasteiger partial charge is 0.351 e. The van der Waals surface area contributed by atoms with Crippen LogP contribution in [0.25, 0.3) is 0 Å². The van der Waals surface area contributed by atoms with Gasteiger partial charge in [0, 0.05) is 6.04 Å². The molecule has 3 aliphatic carbocycles. The molecule has 4 fully saturated rings. The third-order valence-corrected chi connectivity index (χ3v) is 6.03. The predicted octanol–water partition coefficient (Wildman–Crippen LogP) is 1.54. The van der Waals surface area contributed by atoms with Gasteiger partial charge in [-0.2, -0.15) is 0 Å². The van der Waals surface area contributed by atoms with Crippen LogP contribution in [0.4, 0.5) is 0 Å². The molecule has 1 aliphatic heterocycles. The second-order valence-corrected chi connectivity index (χ2v) is 7.16. The molecule has 6 atom stereocenters. The number of nitrogens with one attached hydrogen (secondary N) is 2. The van der Waals surface area contributed by atoms with Crippen molar-refractivity contribution in [1.82, 2.24) is 10.6 Å². The van der Waals surface area contributed by atoms with Crippen molar-refractivity contribution < 1.29 is 4.79 Å². The molecular weight excluding hydrogens is 224 g/mol. The van der Waals surface area contributed by atoms with Crippen molar-refractivity contribution in [2.75, 3.05) is 6.54 Å². The Morgan fingerprint density at radius 1 is 1.11 bits per heavy atom. The highest BCUT2D eigenvalue weighted by Gasteiger charge is 2.65. The molecule has 3 saturated carbocycles. The Hall–Kier alpha value is -0.570. The maximum atomic E-state index is 12.3. The summed E-state index contributed by atoms with van der Waals surface area (Å²) in [4.78, 5) is 12.3. The number of rotatable bonds is 2. The molecule has 1 heterocycles. The number of carbonyl (C=O) groups excluding carboxylic acids is 1. The van der Waals surface area contributed by atoms with Crippen LogP contribution in [-0.2, 0) is 4.79 Å². The Morgan fingerprint density at radius 3 is 2.50 bits per heavy atom. The zero-order valence-electron chi connectivity index (χ0n) is 11.2. The van der Waals surface area contributed by atoms with Crippen LogP contribution in [0.3, 0.4) is 0 Å². The summed E-state index contributed by atoms with van der Waals surface area (Å²) < 4.78 is 0. The van der Waals surface area contributed by atoms with Gasteiger partial charge in [0.25, 0.3) is 0 Å². The lowest BCUT2D eigenvalue weighted by atomic mass is 9.94. The monoisotopic (exact) mass is 248 g/mol. The van der Waals surface area contributed by atoms with Gasteiger partial charge in [-0.05, 0) is 68.2 Å². The van der Waals surface area contributed by atoms with E-state index in [1.807, 2.05) is 0 Å². The molecule has 0 spiro atoms. The van der Waals surface area contributed by atoms with Crippen molar-refractivity contribution in [1.29, 1.82) is 0 Å². The molecule has 4 rings (SSSR count). The van der Waals surface area contributed by atoms with E-state index in [1.54, 1.807) is 0 Å². The van der Waals surface area contributed by atoms with Gasteiger partial charge in [-0.3, -0.25) is 4.79 Å². The summed E-state index contributed by atoms with van der Waals surface area (Å²) in [6, 6.07) is 0.621. The maximum absolute atomic E-state index is 12.3. The van der Waals surface area contributed by atoms with Crippen molar-refractivity contribution in [3.63, 3.8) is 0 Å². The van der Waals surface area contributed by atoms with Crippen molar-refractivity contribution in [2.24, 2.45) is 29.6 Å². The summed E-state index contributed by atoms with van der Waals surface area (Å²) in [5, 5.41) is 6.72. The van der Waals surface area contributed by atoms with E-state index in [0.717, 1.165) is 36.6 Å². The van der Waals surface area contributed by atoms with Gasteiger partial charge in [-0.25, -0.2) is 0 Å². The Bertz CT molecular complexity index is 354. The fourth-order valence-corrected chi connectivity index (χ4v) is 5.09. The van der Waals surface area contributed by atoms with Gasteiger partial charge < -0.3 is 10.6 Å². The van der Waals surface area contributed by atoms with Crippen molar-refractivity contribution in [3.05, 3.63) is 0 Å². The highest BCUT2D eigenvalue weighted by molar-refractivity contribution is 5.82. The summed E-state index contributed by atoms with van der Waals surface area (Å²) in [5.74, 6) is 4.58. The maximum Gasteiger partial charge on any atom is 0.237 e. The van der Waals surface area contributed by atoms with E-state index < -0.39 is 0 Å². The molecule has 3 nitrogen and oxygen atoms in total. The second kappa shape index (κ2) is 3.96. The quantitative estimate of drug-likeness (QED) is 0.778. The van der Waals surface area contributed by atoms with Gasteiger partial charge in [-0.15, -0.1) is 0 Å². The molecule has 4 aliphatic rings. The minimum absolute atomic E-state index is 0.0766. The lowest BCUT2D eigenvalue weighted by molar-refractivity contribution is -0.124. The summed E-state index contributed by atoms with van der Waals surface area (Å²) in [6.45, 7) is 3.26. The zero-order chi connectivity index (χ0) is 12.3. The molecule has 0 aromatic carbocycles. The number of fused-ring (bicyclic) bond motifs is 5. The van der Waals surface area contributed by atoms with Gasteiger partial charge in [0.2, 0.25) is 5.91 Å². The Labute approximate surface area is 109 Å². The summed E-state index contributed by atoms with van der Waals surface area (Å²) in [6.07, 6.45) is 6.54. The van der Waals surface area contributed by atoms with E-state index in [9.17, 15) is 4.79 Å². The van der Waals surface area contributed by atoms with Crippen molar-refractivity contribution >= 4 is 5.91 Å². The van der Waals surface area contributed by atoms with E-state index in [-0.39, 0.29) is 11.9 Å². The fraction of sp³-hybridized carbons (Fsp3) is 0.933. The topological polar surface area (TPSA) is 41.1 Å². The minimum Gasteiger partial charge on any atom is -0.351 e. The predicted molar refractivity (Wildman–Crippen MR) is 69.9 cm³/mol. The van der Waals surface area contributed by atoms with Crippen LogP contribution in [-0.4, -0.2) is 24.5 Å². The average Bonchev–Trinajstić information content (AvgIpc) is 2.77. The second-order valence-electron chi connectivity index (χ2n) is 7.16. The van der Waals surface area contributed by atoms with Crippen LogP contribution in [0.2, 0.25) is 0 Å². The average molecular weight is 248 g/mol. The summed E-state index contributed by atoms with van der Waals surface area (Å²) in [7, 11) is 0. The fourth-order valence-electron chi connectivity index (χ4n) is 5.09. The first kappa shape index (κ1) is 11.3. The Balaban J connectivity index is 1.35. The van der Waals surface area contributed by atoms with Gasteiger partial charge in [-0.1, -0.05) is 6.92 Å². The SMILES string of the molecule is CC1CCNC(C(=O)NC2C3C4CCC(C4)C23)C1. The van der Waals surface area contributed by atoms with Crippen LogP contribution >= 0.6 is 0 Å². The molecule has 2 bridgehead atoms. The zero-order valence-corrected chi connectivity index (χ0v) is 11.2.